The molecule has 0 fully saturated rings. The fourth-order valence-corrected chi connectivity index (χ4v) is 2.05. The van der Waals surface area contributed by atoms with Gasteiger partial charge in [-0.2, -0.15) is 15.0 Å². The second-order valence-electron chi connectivity index (χ2n) is 4.98. The van der Waals surface area contributed by atoms with Crippen LogP contribution in [0, 0.1) is 0 Å². The van der Waals surface area contributed by atoms with Crippen LogP contribution in [0.1, 0.15) is 38.1 Å². The summed E-state index contributed by atoms with van der Waals surface area (Å²) in [5, 5.41) is 3.13. The molecule has 2 aromatic rings. The summed E-state index contributed by atoms with van der Waals surface area (Å²) in [4.78, 5) is 23.7. The molecule has 0 saturated carbocycles. The van der Waals surface area contributed by atoms with Crippen LogP contribution < -0.4 is 11.1 Å². The number of nitrogens with zero attached hydrogens (tertiary/aromatic N) is 3. The number of hydrogen-bond acceptors (Lipinski definition) is 7. The number of carbonyl (C=O) groups excluding carboxylic acids is 1. The van der Waals surface area contributed by atoms with Crippen molar-refractivity contribution in [3.8, 4) is 0 Å². The largest absolute Gasteiger partial charge is 0.457 e. The fourth-order valence-electron chi connectivity index (χ4n) is 2.05. The van der Waals surface area contributed by atoms with Crippen molar-refractivity contribution in [1.82, 2.24) is 15.0 Å². The van der Waals surface area contributed by atoms with Gasteiger partial charge >= 0.3 is 5.97 Å². The minimum atomic E-state index is -0.280. The number of anilines is 3. The van der Waals surface area contributed by atoms with Gasteiger partial charge in [-0.05, 0) is 24.5 Å². The van der Waals surface area contributed by atoms with Crippen LogP contribution in [0.5, 0.6) is 0 Å². The zero-order chi connectivity index (χ0) is 16.7. The maximum absolute atomic E-state index is 11.4. The molecule has 0 bridgehead atoms. The van der Waals surface area contributed by atoms with Crippen LogP contribution in [-0.2, 0) is 22.6 Å². The van der Waals surface area contributed by atoms with Gasteiger partial charge in [-0.25, -0.2) is 0 Å². The van der Waals surface area contributed by atoms with E-state index < -0.39 is 0 Å². The quantitative estimate of drug-likeness (QED) is 0.757. The Kier molecular flexibility index (Phi) is 5.85. The summed E-state index contributed by atoms with van der Waals surface area (Å²) >= 11 is 0. The highest BCUT2D eigenvalue weighted by molar-refractivity contribution is 5.69. The maximum atomic E-state index is 11.4. The molecular formula is C16H21N5O2. The van der Waals surface area contributed by atoms with Crippen molar-refractivity contribution in [2.24, 2.45) is 0 Å². The monoisotopic (exact) mass is 315 g/mol. The molecule has 0 aliphatic heterocycles. The Morgan fingerprint density at radius 1 is 1.22 bits per heavy atom. The van der Waals surface area contributed by atoms with Gasteiger partial charge in [0.15, 0.2) is 12.4 Å². The first-order valence-electron chi connectivity index (χ1n) is 7.63. The molecule has 1 aromatic carbocycles. The first-order chi connectivity index (χ1) is 11.1. The van der Waals surface area contributed by atoms with Crippen molar-refractivity contribution >= 4 is 23.6 Å². The van der Waals surface area contributed by atoms with Gasteiger partial charge in [-0.15, -0.1) is 0 Å². The van der Waals surface area contributed by atoms with E-state index in [1.165, 1.54) is 0 Å². The Labute approximate surface area is 135 Å². The summed E-state index contributed by atoms with van der Waals surface area (Å²) in [5.74, 6) is 0.453. The van der Waals surface area contributed by atoms with Gasteiger partial charge in [0.05, 0.1) is 0 Å². The third-order valence-corrected chi connectivity index (χ3v) is 3.16. The van der Waals surface area contributed by atoms with E-state index in [1.807, 2.05) is 31.2 Å². The van der Waals surface area contributed by atoms with E-state index in [0.717, 1.165) is 24.1 Å². The zero-order valence-electron chi connectivity index (χ0n) is 13.4. The highest BCUT2D eigenvalue weighted by Gasteiger charge is 2.09. The maximum Gasteiger partial charge on any atom is 0.306 e. The van der Waals surface area contributed by atoms with Gasteiger partial charge in [0, 0.05) is 12.1 Å². The first-order valence-corrected chi connectivity index (χ1v) is 7.63. The van der Waals surface area contributed by atoms with Crippen molar-refractivity contribution in [3.05, 3.63) is 35.7 Å². The third-order valence-electron chi connectivity index (χ3n) is 3.16. The van der Waals surface area contributed by atoms with Crippen LogP contribution in [0.4, 0.5) is 17.6 Å². The fraction of sp³-hybridized carbons (Fsp3) is 0.375. The van der Waals surface area contributed by atoms with Gasteiger partial charge in [0.2, 0.25) is 11.9 Å². The van der Waals surface area contributed by atoms with Gasteiger partial charge in [-0.3, -0.25) is 4.79 Å². The molecule has 2 rings (SSSR count). The number of aromatic nitrogens is 3. The molecule has 0 aliphatic rings. The predicted molar refractivity (Wildman–Crippen MR) is 88.0 cm³/mol. The highest BCUT2D eigenvalue weighted by atomic mass is 16.5. The standard InChI is InChI=1S/C16H21N5O2/c1-3-7-14(22)23-10-13-19-15(17)21-16(20-13)18-12-9-6-5-8-11(12)4-2/h5-6,8-9H,3-4,7,10H2,1-2H3,(H3,17,18,19,20,21). The van der Waals surface area contributed by atoms with Crippen LogP contribution in [0.15, 0.2) is 24.3 Å². The van der Waals surface area contributed by atoms with Crippen molar-refractivity contribution in [1.29, 1.82) is 0 Å². The number of nitrogens with two attached hydrogens (primary N) is 1. The Balaban J connectivity index is 2.12. The topological polar surface area (TPSA) is 103 Å². The molecule has 0 atom stereocenters. The summed E-state index contributed by atoms with van der Waals surface area (Å²) in [6.45, 7) is 3.96. The number of ether oxygens (including phenoxy) is 1. The van der Waals surface area contributed by atoms with E-state index in [-0.39, 0.29) is 18.5 Å². The molecule has 7 nitrogen and oxygen atoms in total. The summed E-state index contributed by atoms with van der Waals surface area (Å²) in [7, 11) is 0. The van der Waals surface area contributed by atoms with Gasteiger partial charge in [-0.1, -0.05) is 32.0 Å². The molecule has 1 heterocycles. The second kappa shape index (κ2) is 8.07. The molecule has 3 N–H and O–H groups in total. The van der Waals surface area contributed by atoms with E-state index in [4.69, 9.17) is 10.5 Å². The first kappa shape index (κ1) is 16.7. The molecule has 0 radical (unpaired) electrons. The number of para-hydroxylation sites is 1. The smallest absolute Gasteiger partial charge is 0.306 e. The summed E-state index contributed by atoms with van der Waals surface area (Å²) < 4.78 is 5.10. The van der Waals surface area contributed by atoms with Crippen LogP contribution >= 0.6 is 0 Å². The van der Waals surface area contributed by atoms with Crippen molar-refractivity contribution < 1.29 is 9.53 Å². The number of benzene rings is 1. The minimum absolute atomic E-state index is 0.0182. The van der Waals surface area contributed by atoms with E-state index in [2.05, 4.69) is 27.2 Å². The lowest BCUT2D eigenvalue weighted by Gasteiger charge is -2.10. The molecular weight excluding hydrogens is 294 g/mol. The number of rotatable bonds is 7. The molecule has 0 unspecified atom stereocenters. The van der Waals surface area contributed by atoms with E-state index in [1.54, 1.807) is 0 Å². The van der Waals surface area contributed by atoms with Crippen molar-refractivity contribution in [2.75, 3.05) is 11.1 Å². The summed E-state index contributed by atoms with van der Waals surface area (Å²) in [5.41, 5.74) is 7.76. The van der Waals surface area contributed by atoms with Gasteiger partial charge in [0.1, 0.15) is 0 Å². The molecule has 23 heavy (non-hydrogen) atoms. The van der Waals surface area contributed by atoms with E-state index in [0.29, 0.717) is 18.2 Å². The lowest BCUT2D eigenvalue weighted by atomic mass is 10.1. The summed E-state index contributed by atoms with van der Waals surface area (Å²) in [6.07, 6.45) is 1.99. The highest BCUT2D eigenvalue weighted by Crippen LogP contribution is 2.19. The van der Waals surface area contributed by atoms with Gasteiger partial charge < -0.3 is 15.8 Å². The van der Waals surface area contributed by atoms with Crippen LogP contribution in [-0.4, -0.2) is 20.9 Å². The third kappa shape index (κ3) is 4.91. The predicted octanol–water partition coefficient (Wildman–Crippen LogP) is 2.60. The minimum Gasteiger partial charge on any atom is -0.457 e. The van der Waals surface area contributed by atoms with E-state index in [9.17, 15) is 4.79 Å². The normalized spacial score (nSPS) is 10.3. The molecule has 7 heteroatoms. The van der Waals surface area contributed by atoms with Crippen LogP contribution in [0.3, 0.4) is 0 Å². The van der Waals surface area contributed by atoms with E-state index >= 15 is 0 Å². The molecule has 1 aromatic heterocycles. The Hall–Kier alpha value is -2.70. The average molecular weight is 315 g/mol. The van der Waals surface area contributed by atoms with Crippen molar-refractivity contribution in [2.45, 2.75) is 39.7 Å². The molecule has 122 valence electrons. The number of carbonyl (C=O) groups is 1. The zero-order valence-corrected chi connectivity index (χ0v) is 13.4. The number of aryl methyl sites for hydroxylation is 1. The van der Waals surface area contributed by atoms with Crippen LogP contribution in [0.2, 0.25) is 0 Å². The number of esters is 1. The second-order valence-corrected chi connectivity index (χ2v) is 4.98. The van der Waals surface area contributed by atoms with Crippen molar-refractivity contribution in [3.63, 3.8) is 0 Å². The number of hydrogen-bond donors (Lipinski definition) is 2. The Morgan fingerprint density at radius 2 is 2.00 bits per heavy atom. The lowest BCUT2D eigenvalue weighted by molar-refractivity contribution is -0.145. The summed E-state index contributed by atoms with van der Waals surface area (Å²) in [6, 6.07) is 7.88. The Bertz CT molecular complexity index is 675. The average Bonchev–Trinajstić information content (AvgIpc) is 2.53. The Morgan fingerprint density at radius 3 is 2.74 bits per heavy atom. The molecule has 0 amide bonds. The van der Waals surface area contributed by atoms with Crippen LogP contribution in [0.25, 0.3) is 0 Å². The molecule has 0 spiro atoms. The van der Waals surface area contributed by atoms with Gasteiger partial charge in [0.25, 0.3) is 0 Å². The molecule has 0 aliphatic carbocycles. The lowest BCUT2D eigenvalue weighted by Crippen LogP contribution is -2.11. The SMILES string of the molecule is CCCC(=O)OCc1nc(N)nc(Nc2ccccc2CC)n1. The number of nitrogen functional groups attached to an aromatic ring is 1. The number of nitrogens with one attached hydrogen (secondary N) is 1. The molecule has 0 saturated heterocycles.